The molecule has 1 aromatic carbocycles. The molecule has 0 bridgehead atoms. The molecule has 0 fully saturated rings. The van der Waals surface area contributed by atoms with Crippen LogP contribution >= 0.6 is 15.9 Å². The number of ether oxygens (including phenoxy) is 1. The molecule has 20 heavy (non-hydrogen) atoms. The number of aliphatic hydroxyl groups excluding tert-OH is 4. The zero-order valence-electron chi connectivity index (χ0n) is 10.8. The second-order valence-corrected chi connectivity index (χ2v) is 5.09. The van der Waals surface area contributed by atoms with E-state index in [9.17, 15) is 25.2 Å². The largest absolute Gasteiger partial charge is 0.464 e. The van der Waals surface area contributed by atoms with Crippen LogP contribution in [0.3, 0.4) is 0 Å². The first-order valence-corrected chi connectivity index (χ1v) is 6.82. The van der Waals surface area contributed by atoms with Gasteiger partial charge in [-0.05, 0) is 24.6 Å². The normalized spacial score (nSPS) is 17.1. The summed E-state index contributed by atoms with van der Waals surface area (Å²) in [4.78, 5) is 11.3. The Hall–Kier alpha value is -0.990. The van der Waals surface area contributed by atoms with Crippen molar-refractivity contribution in [3.8, 4) is 0 Å². The maximum absolute atomic E-state index is 11.3. The molecule has 0 amide bonds. The molecule has 0 aliphatic rings. The van der Waals surface area contributed by atoms with Crippen LogP contribution in [0.5, 0.6) is 0 Å². The second kappa shape index (κ2) is 7.70. The average molecular weight is 349 g/mol. The van der Waals surface area contributed by atoms with Gasteiger partial charge >= 0.3 is 5.97 Å². The molecule has 0 saturated carbocycles. The Balaban J connectivity index is 2.74. The quantitative estimate of drug-likeness (QED) is 0.544. The standard InChI is InChI=1S/C13H17BrO6/c1-2-20-13(19)12(18)11(17)10(16)9(15)7-3-5-8(14)6-4-7/h3-6,9-12,15-18H,2H2,1H3/t9-,10+,11-,12+/m0/s1. The number of esters is 1. The first-order valence-electron chi connectivity index (χ1n) is 6.02. The summed E-state index contributed by atoms with van der Waals surface area (Å²) in [7, 11) is 0. The van der Waals surface area contributed by atoms with Crippen LogP contribution < -0.4 is 0 Å². The summed E-state index contributed by atoms with van der Waals surface area (Å²) in [5, 5.41) is 39.0. The predicted octanol–water partition coefficient (Wildman–Crippen LogP) is 0.128. The third-order valence-electron chi connectivity index (χ3n) is 2.74. The van der Waals surface area contributed by atoms with Crippen molar-refractivity contribution < 1.29 is 30.0 Å². The van der Waals surface area contributed by atoms with Crippen molar-refractivity contribution in [2.75, 3.05) is 6.61 Å². The Kier molecular flexibility index (Phi) is 6.57. The van der Waals surface area contributed by atoms with Crippen LogP contribution in [0.2, 0.25) is 0 Å². The molecule has 0 aromatic heterocycles. The van der Waals surface area contributed by atoms with Gasteiger partial charge in [-0.3, -0.25) is 0 Å². The van der Waals surface area contributed by atoms with Gasteiger partial charge in [0.1, 0.15) is 18.3 Å². The maximum Gasteiger partial charge on any atom is 0.337 e. The van der Waals surface area contributed by atoms with E-state index in [2.05, 4.69) is 20.7 Å². The van der Waals surface area contributed by atoms with E-state index in [1.165, 1.54) is 0 Å². The zero-order valence-corrected chi connectivity index (χ0v) is 12.4. The van der Waals surface area contributed by atoms with Crippen LogP contribution in [-0.4, -0.2) is 51.3 Å². The number of benzene rings is 1. The molecule has 0 heterocycles. The van der Waals surface area contributed by atoms with Crippen molar-refractivity contribution in [1.29, 1.82) is 0 Å². The zero-order chi connectivity index (χ0) is 15.3. The third-order valence-corrected chi connectivity index (χ3v) is 3.27. The molecule has 0 spiro atoms. The first-order chi connectivity index (χ1) is 9.38. The number of carbonyl (C=O) groups excluding carboxylic acids is 1. The Morgan fingerprint density at radius 2 is 1.70 bits per heavy atom. The van der Waals surface area contributed by atoms with E-state index >= 15 is 0 Å². The molecule has 112 valence electrons. The lowest BCUT2D eigenvalue weighted by Gasteiger charge is -2.25. The minimum Gasteiger partial charge on any atom is -0.464 e. The molecule has 4 atom stereocenters. The number of carbonyl (C=O) groups is 1. The van der Waals surface area contributed by atoms with Crippen molar-refractivity contribution >= 4 is 21.9 Å². The summed E-state index contributed by atoms with van der Waals surface area (Å²) >= 11 is 3.23. The summed E-state index contributed by atoms with van der Waals surface area (Å²) in [6, 6.07) is 6.39. The summed E-state index contributed by atoms with van der Waals surface area (Å²) in [5.74, 6) is -1.05. The molecule has 0 aliphatic carbocycles. The van der Waals surface area contributed by atoms with Gasteiger partial charge in [0.05, 0.1) is 6.61 Å². The van der Waals surface area contributed by atoms with E-state index in [1.54, 1.807) is 31.2 Å². The van der Waals surface area contributed by atoms with Gasteiger partial charge in [-0.25, -0.2) is 4.79 Å². The Morgan fingerprint density at radius 3 is 2.20 bits per heavy atom. The fourth-order valence-electron chi connectivity index (χ4n) is 1.60. The lowest BCUT2D eigenvalue weighted by Crippen LogP contribution is -2.45. The Bertz CT molecular complexity index is 435. The smallest absolute Gasteiger partial charge is 0.337 e. The molecule has 6 nitrogen and oxygen atoms in total. The molecule has 0 saturated heterocycles. The number of aliphatic hydroxyl groups is 4. The summed E-state index contributed by atoms with van der Waals surface area (Å²) in [6.07, 6.45) is -6.94. The van der Waals surface area contributed by atoms with Crippen LogP contribution in [0.1, 0.15) is 18.6 Å². The Labute approximate surface area is 124 Å². The molecular weight excluding hydrogens is 332 g/mol. The second-order valence-electron chi connectivity index (χ2n) is 4.17. The number of hydrogen-bond donors (Lipinski definition) is 4. The first kappa shape index (κ1) is 17.1. The van der Waals surface area contributed by atoms with Gasteiger partial charge in [0.25, 0.3) is 0 Å². The minimum atomic E-state index is -1.92. The number of halogens is 1. The van der Waals surface area contributed by atoms with E-state index in [-0.39, 0.29) is 6.61 Å². The highest BCUT2D eigenvalue weighted by molar-refractivity contribution is 9.10. The van der Waals surface area contributed by atoms with Crippen molar-refractivity contribution in [2.45, 2.75) is 31.3 Å². The highest BCUT2D eigenvalue weighted by atomic mass is 79.9. The van der Waals surface area contributed by atoms with E-state index in [0.717, 1.165) is 4.47 Å². The third kappa shape index (κ3) is 4.26. The van der Waals surface area contributed by atoms with Gasteiger partial charge in [-0.15, -0.1) is 0 Å². The maximum atomic E-state index is 11.3. The predicted molar refractivity (Wildman–Crippen MR) is 73.8 cm³/mol. The minimum absolute atomic E-state index is 0.0357. The van der Waals surface area contributed by atoms with Crippen molar-refractivity contribution in [3.05, 3.63) is 34.3 Å². The van der Waals surface area contributed by atoms with Gasteiger partial charge in [-0.2, -0.15) is 0 Å². The van der Waals surface area contributed by atoms with Gasteiger partial charge in [-0.1, -0.05) is 28.1 Å². The number of rotatable bonds is 6. The molecule has 0 aliphatic heterocycles. The monoisotopic (exact) mass is 348 g/mol. The van der Waals surface area contributed by atoms with Crippen LogP contribution in [0.4, 0.5) is 0 Å². The summed E-state index contributed by atoms with van der Waals surface area (Å²) < 4.78 is 5.32. The van der Waals surface area contributed by atoms with Gasteiger partial charge < -0.3 is 25.2 Å². The summed E-state index contributed by atoms with van der Waals surface area (Å²) in [6.45, 7) is 1.58. The Morgan fingerprint density at radius 1 is 1.15 bits per heavy atom. The fraction of sp³-hybridized carbons (Fsp3) is 0.462. The van der Waals surface area contributed by atoms with Gasteiger partial charge in [0.2, 0.25) is 0 Å². The molecule has 0 unspecified atom stereocenters. The van der Waals surface area contributed by atoms with Gasteiger partial charge in [0, 0.05) is 4.47 Å². The lowest BCUT2D eigenvalue weighted by atomic mass is 9.97. The van der Waals surface area contributed by atoms with Gasteiger partial charge in [0.15, 0.2) is 6.10 Å². The van der Waals surface area contributed by atoms with E-state index in [1.807, 2.05) is 0 Å². The molecule has 7 heteroatoms. The fourth-order valence-corrected chi connectivity index (χ4v) is 1.86. The molecule has 1 aromatic rings. The van der Waals surface area contributed by atoms with E-state index in [4.69, 9.17) is 0 Å². The van der Waals surface area contributed by atoms with Crippen LogP contribution in [0, 0.1) is 0 Å². The van der Waals surface area contributed by atoms with Crippen LogP contribution in [0.15, 0.2) is 28.7 Å². The van der Waals surface area contributed by atoms with E-state index in [0.29, 0.717) is 5.56 Å². The molecular formula is C13H17BrO6. The highest BCUT2D eigenvalue weighted by Crippen LogP contribution is 2.22. The lowest BCUT2D eigenvalue weighted by molar-refractivity contribution is -0.168. The van der Waals surface area contributed by atoms with Crippen molar-refractivity contribution in [3.63, 3.8) is 0 Å². The number of hydrogen-bond acceptors (Lipinski definition) is 6. The molecule has 1 rings (SSSR count). The van der Waals surface area contributed by atoms with Crippen molar-refractivity contribution in [1.82, 2.24) is 0 Å². The summed E-state index contributed by atoms with van der Waals surface area (Å²) in [5.41, 5.74) is 0.343. The van der Waals surface area contributed by atoms with E-state index < -0.39 is 30.4 Å². The highest BCUT2D eigenvalue weighted by Gasteiger charge is 2.35. The van der Waals surface area contributed by atoms with Crippen LogP contribution in [-0.2, 0) is 9.53 Å². The molecule has 4 N–H and O–H groups in total. The van der Waals surface area contributed by atoms with Crippen LogP contribution in [0.25, 0.3) is 0 Å². The topological polar surface area (TPSA) is 107 Å². The van der Waals surface area contributed by atoms with Crippen molar-refractivity contribution in [2.24, 2.45) is 0 Å². The SMILES string of the molecule is CCOC(=O)[C@H](O)[C@@H](O)[C@H](O)[C@@H](O)c1ccc(Br)cc1. The average Bonchev–Trinajstić information content (AvgIpc) is 2.45. The molecule has 0 radical (unpaired) electrons.